The lowest BCUT2D eigenvalue weighted by Crippen LogP contribution is -2.24. The van der Waals surface area contributed by atoms with Gasteiger partial charge in [0, 0.05) is 17.3 Å². The predicted octanol–water partition coefficient (Wildman–Crippen LogP) is 3.44. The molecule has 0 amide bonds. The number of nitrogens with zero attached hydrogens (tertiary/aromatic N) is 1. The first-order chi connectivity index (χ1) is 8.67. The fourth-order valence-corrected chi connectivity index (χ4v) is 2.32. The molecule has 0 aliphatic carbocycles. The van der Waals surface area contributed by atoms with E-state index in [0.29, 0.717) is 0 Å². The summed E-state index contributed by atoms with van der Waals surface area (Å²) in [5.41, 5.74) is 7.98. The lowest BCUT2D eigenvalue weighted by Gasteiger charge is -2.26. The van der Waals surface area contributed by atoms with E-state index in [4.69, 9.17) is 4.74 Å². The minimum atomic E-state index is 0.270. The van der Waals surface area contributed by atoms with E-state index < -0.39 is 0 Å². The number of hydrogen-bond acceptors (Lipinski definition) is 3. The Kier molecular flexibility index (Phi) is 3.70. The van der Waals surface area contributed by atoms with Gasteiger partial charge in [-0.25, -0.2) is 0 Å². The Labute approximate surface area is 109 Å². The van der Waals surface area contributed by atoms with Crippen LogP contribution < -0.4 is 10.2 Å². The van der Waals surface area contributed by atoms with Crippen molar-refractivity contribution in [3.63, 3.8) is 0 Å². The highest BCUT2D eigenvalue weighted by Crippen LogP contribution is 2.32. The van der Waals surface area contributed by atoms with Crippen LogP contribution in [-0.4, -0.2) is 12.8 Å². The summed E-state index contributed by atoms with van der Waals surface area (Å²) in [5.74, 6) is 1.17. The molecule has 1 aliphatic heterocycles. The van der Waals surface area contributed by atoms with Crippen LogP contribution in [0.4, 0.5) is 0 Å². The third-order valence-electron chi connectivity index (χ3n) is 3.51. The molecule has 0 spiro atoms. The predicted molar refractivity (Wildman–Crippen MR) is 75.0 cm³/mol. The number of hydrazone groups is 1. The van der Waals surface area contributed by atoms with E-state index in [2.05, 4.69) is 43.4 Å². The lowest BCUT2D eigenvalue weighted by molar-refractivity contribution is 0.414. The van der Waals surface area contributed by atoms with Crippen molar-refractivity contribution in [3.8, 4) is 5.75 Å². The van der Waals surface area contributed by atoms with Crippen molar-refractivity contribution in [2.24, 2.45) is 5.10 Å². The first-order valence-electron chi connectivity index (χ1n) is 6.31. The number of hydrogen-bond donors (Lipinski definition) is 1. The van der Waals surface area contributed by atoms with E-state index in [1.165, 1.54) is 16.8 Å². The fraction of sp³-hybridized carbons (Fsp3) is 0.400. The standard InChI is InChI=1S/C15H20N2O/c1-5-14-15(10(2)11(3)16-17-14)12-7-6-8-13(9-12)18-4/h6-9,15-16H,5H2,1-4H3. The average molecular weight is 244 g/mol. The number of rotatable bonds is 3. The van der Waals surface area contributed by atoms with Crippen LogP contribution in [0.25, 0.3) is 0 Å². The van der Waals surface area contributed by atoms with Crippen LogP contribution in [0.15, 0.2) is 40.6 Å². The second-order valence-electron chi connectivity index (χ2n) is 4.59. The van der Waals surface area contributed by atoms with Gasteiger partial charge in [-0.1, -0.05) is 19.1 Å². The zero-order chi connectivity index (χ0) is 13.1. The van der Waals surface area contributed by atoms with Gasteiger partial charge < -0.3 is 4.74 Å². The Hall–Kier alpha value is -1.77. The summed E-state index contributed by atoms with van der Waals surface area (Å²) in [6.45, 7) is 6.37. The smallest absolute Gasteiger partial charge is 0.119 e. The number of allylic oxidation sites excluding steroid dienone is 2. The van der Waals surface area contributed by atoms with Gasteiger partial charge in [0.05, 0.1) is 7.11 Å². The number of nitrogens with one attached hydrogen (secondary N) is 1. The van der Waals surface area contributed by atoms with E-state index in [1.807, 2.05) is 12.1 Å². The van der Waals surface area contributed by atoms with Crippen molar-refractivity contribution in [1.82, 2.24) is 5.43 Å². The fourth-order valence-electron chi connectivity index (χ4n) is 2.32. The summed E-state index contributed by atoms with van der Waals surface area (Å²) in [5, 5.41) is 4.46. The Morgan fingerprint density at radius 1 is 1.33 bits per heavy atom. The minimum absolute atomic E-state index is 0.270. The van der Waals surface area contributed by atoms with Crippen molar-refractivity contribution in [2.45, 2.75) is 33.1 Å². The van der Waals surface area contributed by atoms with Gasteiger partial charge in [-0.05, 0) is 43.5 Å². The molecule has 1 aliphatic rings. The summed E-state index contributed by atoms with van der Waals surface area (Å²) in [6, 6.07) is 8.24. The summed E-state index contributed by atoms with van der Waals surface area (Å²) in [6.07, 6.45) is 0.944. The van der Waals surface area contributed by atoms with Crippen LogP contribution >= 0.6 is 0 Å². The van der Waals surface area contributed by atoms with Gasteiger partial charge in [-0.3, -0.25) is 5.43 Å². The second-order valence-corrected chi connectivity index (χ2v) is 4.59. The molecule has 1 aromatic carbocycles. The molecular weight excluding hydrogens is 224 g/mol. The molecule has 1 aromatic rings. The molecule has 0 saturated carbocycles. The molecule has 96 valence electrons. The Morgan fingerprint density at radius 2 is 2.11 bits per heavy atom. The quantitative estimate of drug-likeness (QED) is 0.883. The second kappa shape index (κ2) is 5.25. The van der Waals surface area contributed by atoms with Gasteiger partial charge in [0.1, 0.15) is 5.75 Å². The number of benzene rings is 1. The molecule has 2 rings (SSSR count). The SMILES string of the molecule is CCC1=NNC(C)=C(C)C1c1cccc(OC)c1. The summed E-state index contributed by atoms with van der Waals surface area (Å²) in [7, 11) is 1.70. The highest BCUT2D eigenvalue weighted by Gasteiger charge is 2.24. The highest BCUT2D eigenvalue weighted by atomic mass is 16.5. The average Bonchev–Trinajstić information content (AvgIpc) is 2.41. The molecule has 0 aromatic heterocycles. The topological polar surface area (TPSA) is 33.6 Å². The third kappa shape index (κ3) is 2.26. The van der Waals surface area contributed by atoms with Gasteiger partial charge in [0.15, 0.2) is 0 Å². The molecular formula is C15H20N2O. The molecule has 3 heteroatoms. The maximum atomic E-state index is 5.31. The first kappa shape index (κ1) is 12.7. The monoisotopic (exact) mass is 244 g/mol. The third-order valence-corrected chi connectivity index (χ3v) is 3.51. The van der Waals surface area contributed by atoms with Crippen LogP contribution in [-0.2, 0) is 0 Å². The molecule has 0 radical (unpaired) electrons. The highest BCUT2D eigenvalue weighted by molar-refractivity contribution is 5.94. The largest absolute Gasteiger partial charge is 0.497 e. The number of ether oxygens (including phenoxy) is 1. The van der Waals surface area contributed by atoms with E-state index in [1.54, 1.807) is 7.11 Å². The normalized spacial score (nSPS) is 19.3. The van der Waals surface area contributed by atoms with Crippen LogP contribution in [0.5, 0.6) is 5.75 Å². The maximum Gasteiger partial charge on any atom is 0.119 e. The molecule has 0 bridgehead atoms. The molecule has 1 N–H and O–H groups in total. The Balaban J connectivity index is 2.44. The van der Waals surface area contributed by atoms with E-state index in [0.717, 1.165) is 17.9 Å². The first-order valence-corrected chi connectivity index (χ1v) is 6.31. The zero-order valence-electron chi connectivity index (χ0n) is 11.4. The molecule has 1 heterocycles. The Morgan fingerprint density at radius 3 is 2.78 bits per heavy atom. The van der Waals surface area contributed by atoms with E-state index >= 15 is 0 Å². The summed E-state index contributed by atoms with van der Waals surface area (Å²) < 4.78 is 5.31. The van der Waals surface area contributed by atoms with Crippen LogP contribution in [0.1, 0.15) is 38.7 Å². The van der Waals surface area contributed by atoms with E-state index in [-0.39, 0.29) is 5.92 Å². The number of methoxy groups -OCH3 is 1. The van der Waals surface area contributed by atoms with Crippen molar-refractivity contribution >= 4 is 5.71 Å². The molecule has 0 fully saturated rings. The lowest BCUT2D eigenvalue weighted by atomic mass is 9.85. The van der Waals surface area contributed by atoms with Crippen LogP contribution in [0.2, 0.25) is 0 Å². The van der Waals surface area contributed by atoms with Crippen LogP contribution in [0, 0.1) is 0 Å². The summed E-state index contributed by atoms with van der Waals surface area (Å²) >= 11 is 0. The van der Waals surface area contributed by atoms with Crippen LogP contribution in [0.3, 0.4) is 0 Å². The van der Waals surface area contributed by atoms with Gasteiger partial charge in [-0.2, -0.15) is 5.10 Å². The van der Waals surface area contributed by atoms with Crippen molar-refractivity contribution in [3.05, 3.63) is 41.1 Å². The minimum Gasteiger partial charge on any atom is -0.497 e. The van der Waals surface area contributed by atoms with Gasteiger partial charge in [-0.15, -0.1) is 0 Å². The van der Waals surface area contributed by atoms with Crippen molar-refractivity contribution < 1.29 is 4.74 Å². The van der Waals surface area contributed by atoms with Crippen molar-refractivity contribution in [1.29, 1.82) is 0 Å². The van der Waals surface area contributed by atoms with Gasteiger partial charge in [0.25, 0.3) is 0 Å². The molecule has 1 atom stereocenters. The molecule has 1 unspecified atom stereocenters. The van der Waals surface area contributed by atoms with Gasteiger partial charge >= 0.3 is 0 Å². The molecule has 0 saturated heterocycles. The Bertz CT molecular complexity index is 503. The summed E-state index contributed by atoms with van der Waals surface area (Å²) in [4.78, 5) is 0. The van der Waals surface area contributed by atoms with Gasteiger partial charge in [0.2, 0.25) is 0 Å². The maximum absolute atomic E-state index is 5.31. The molecule has 18 heavy (non-hydrogen) atoms. The zero-order valence-corrected chi connectivity index (χ0v) is 11.4. The van der Waals surface area contributed by atoms with Crippen molar-refractivity contribution in [2.75, 3.05) is 7.11 Å². The molecule has 3 nitrogen and oxygen atoms in total. The van der Waals surface area contributed by atoms with E-state index in [9.17, 15) is 0 Å².